The van der Waals surface area contributed by atoms with E-state index in [1.807, 2.05) is 18.5 Å². The normalized spacial score (nSPS) is 10.5. The zero-order valence-electron chi connectivity index (χ0n) is 7.20. The lowest BCUT2D eigenvalue weighted by atomic mass is 10.1. The number of hydrogen-bond donors (Lipinski definition) is 0. The molecule has 2 aromatic rings. The summed E-state index contributed by atoms with van der Waals surface area (Å²) >= 11 is 0. The van der Waals surface area contributed by atoms with Crippen LogP contribution in [0.15, 0.2) is 24.7 Å². The first kappa shape index (κ1) is 7.22. The quantitative estimate of drug-likeness (QED) is 0.587. The molecule has 2 heterocycles. The summed E-state index contributed by atoms with van der Waals surface area (Å²) < 4.78 is 0. The maximum Gasteiger partial charge on any atom is 0.0735 e. The molecule has 2 heteroatoms. The standard InChI is InChI=1S/C10H10N2/c1-7-5-12-10-3-4-11-6-9(10)8(7)2/h3-6H,1-2H3. The van der Waals surface area contributed by atoms with Crippen LogP contribution >= 0.6 is 0 Å². The highest BCUT2D eigenvalue weighted by Crippen LogP contribution is 2.16. The first-order valence-corrected chi connectivity index (χ1v) is 3.95. The summed E-state index contributed by atoms with van der Waals surface area (Å²) in [4.78, 5) is 8.38. The van der Waals surface area contributed by atoms with Crippen molar-refractivity contribution in [3.63, 3.8) is 0 Å². The van der Waals surface area contributed by atoms with Crippen LogP contribution in [0.3, 0.4) is 0 Å². The van der Waals surface area contributed by atoms with Crippen LogP contribution in [-0.2, 0) is 0 Å². The third-order valence-corrected chi connectivity index (χ3v) is 2.19. The summed E-state index contributed by atoms with van der Waals surface area (Å²) in [5.74, 6) is 0. The average Bonchev–Trinajstić information content (AvgIpc) is 2.12. The lowest BCUT2D eigenvalue weighted by Crippen LogP contribution is -1.87. The maximum absolute atomic E-state index is 4.30. The van der Waals surface area contributed by atoms with E-state index >= 15 is 0 Å². The molecule has 0 saturated carbocycles. The Morgan fingerprint density at radius 3 is 2.83 bits per heavy atom. The van der Waals surface area contributed by atoms with E-state index in [2.05, 4.69) is 23.8 Å². The van der Waals surface area contributed by atoms with Gasteiger partial charge in [-0.3, -0.25) is 9.97 Å². The van der Waals surface area contributed by atoms with Crippen molar-refractivity contribution < 1.29 is 0 Å². The van der Waals surface area contributed by atoms with Gasteiger partial charge < -0.3 is 0 Å². The molecule has 0 N–H and O–H groups in total. The van der Waals surface area contributed by atoms with Crippen LogP contribution in [0.25, 0.3) is 10.9 Å². The molecular weight excluding hydrogens is 148 g/mol. The molecule has 60 valence electrons. The van der Waals surface area contributed by atoms with Crippen molar-refractivity contribution in [1.29, 1.82) is 0 Å². The molecule has 0 aliphatic rings. The van der Waals surface area contributed by atoms with Gasteiger partial charge in [0.2, 0.25) is 0 Å². The molecular formula is C10H10N2. The first-order valence-electron chi connectivity index (χ1n) is 3.95. The number of fused-ring (bicyclic) bond motifs is 1. The van der Waals surface area contributed by atoms with Gasteiger partial charge in [-0.05, 0) is 31.0 Å². The van der Waals surface area contributed by atoms with E-state index in [0.29, 0.717) is 0 Å². The summed E-state index contributed by atoms with van der Waals surface area (Å²) in [5, 5.41) is 1.15. The fraction of sp³-hybridized carbons (Fsp3) is 0.200. The second kappa shape index (κ2) is 2.55. The van der Waals surface area contributed by atoms with Gasteiger partial charge in [-0.25, -0.2) is 0 Å². The Morgan fingerprint density at radius 2 is 2.00 bits per heavy atom. The monoisotopic (exact) mass is 158 g/mol. The third kappa shape index (κ3) is 0.961. The van der Waals surface area contributed by atoms with Crippen LogP contribution < -0.4 is 0 Å². The summed E-state index contributed by atoms with van der Waals surface area (Å²) in [7, 11) is 0. The van der Waals surface area contributed by atoms with E-state index in [4.69, 9.17) is 0 Å². The Bertz CT molecular complexity index is 421. The van der Waals surface area contributed by atoms with E-state index < -0.39 is 0 Å². The van der Waals surface area contributed by atoms with E-state index in [1.54, 1.807) is 6.20 Å². The lowest BCUT2D eigenvalue weighted by Gasteiger charge is -2.02. The van der Waals surface area contributed by atoms with Crippen LogP contribution in [0.2, 0.25) is 0 Å². The molecule has 0 amide bonds. The van der Waals surface area contributed by atoms with Crippen molar-refractivity contribution in [1.82, 2.24) is 9.97 Å². The Hall–Kier alpha value is -1.44. The van der Waals surface area contributed by atoms with Gasteiger partial charge >= 0.3 is 0 Å². The second-order valence-corrected chi connectivity index (χ2v) is 2.96. The molecule has 0 aliphatic carbocycles. The van der Waals surface area contributed by atoms with Crippen molar-refractivity contribution in [2.75, 3.05) is 0 Å². The highest BCUT2D eigenvalue weighted by Gasteiger charge is 1.99. The van der Waals surface area contributed by atoms with Crippen LogP contribution in [0.4, 0.5) is 0 Å². The van der Waals surface area contributed by atoms with Gasteiger partial charge in [-0.15, -0.1) is 0 Å². The van der Waals surface area contributed by atoms with Gasteiger partial charge in [0.1, 0.15) is 0 Å². The highest BCUT2D eigenvalue weighted by atomic mass is 14.7. The van der Waals surface area contributed by atoms with Crippen molar-refractivity contribution in [3.05, 3.63) is 35.8 Å². The molecule has 0 spiro atoms. The second-order valence-electron chi connectivity index (χ2n) is 2.96. The molecule has 0 radical (unpaired) electrons. The maximum atomic E-state index is 4.30. The molecule has 2 nitrogen and oxygen atoms in total. The number of aryl methyl sites for hydroxylation is 2. The summed E-state index contributed by atoms with van der Waals surface area (Å²) in [6.45, 7) is 4.16. The fourth-order valence-corrected chi connectivity index (χ4v) is 1.26. The Labute approximate surface area is 71.3 Å². The van der Waals surface area contributed by atoms with Crippen molar-refractivity contribution in [3.8, 4) is 0 Å². The molecule has 0 bridgehead atoms. The minimum atomic E-state index is 1.02. The zero-order chi connectivity index (χ0) is 8.55. The molecule has 2 aromatic heterocycles. The molecule has 0 aliphatic heterocycles. The smallest absolute Gasteiger partial charge is 0.0735 e. The van der Waals surface area contributed by atoms with Crippen LogP contribution in [0.1, 0.15) is 11.1 Å². The van der Waals surface area contributed by atoms with Crippen molar-refractivity contribution in [2.24, 2.45) is 0 Å². The van der Waals surface area contributed by atoms with Crippen molar-refractivity contribution >= 4 is 10.9 Å². The van der Waals surface area contributed by atoms with Crippen molar-refractivity contribution in [2.45, 2.75) is 13.8 Å². The van der Waals surface area contributed by atoms with Crippen LogP contribution in [-0.4, -0.2) is 9.97 Å². The molecule has 0 atom stereocenters. The van der Waals surface area contributed by atoms with E-state index in [1.165, 1.54) is 11.1 Å². The minimum Gasteiger partial charge on any atom is -0.264 e. The number of hydrogen-bond acceptors (Lipinski definition) is 2. The number of rotatable bonds is 0. The molecule has 0 aromatic carbocycles. The predicted molar refractivity (Wildman–Crippen MR) is 49.0 cm³/mol. The zero-order valence-corrected chi connectivity index (χ0v) is 7.20. The first-order chi connectivity index (χ1) is 5.79. The van der Waals surface area contributed by atoms with E-state index in [-0.39, 0.29) is 0 Å². The largest absolute Gasteiger partial charge is 0.264 e. The highest BCUT2D eigenvalue weighted by molar-refractivity contribution is 5.81. The summed E-state index contributed by atoms with van der Waals surface area (Å²) in [5.41, 5.74) is 3.51. The molecule has 0 saturated heterocycles. The van der Waals surface area contributed by atoms with Gasteiger partial charge in [-0.1, -0.05) is 0 Å². The predicted octanol–water partition coefficient (Wildman–Crippen LogP) is 2.25. The van der Waals surface area contributed by atoms with Crippen LogP contribution in [0, 0.1) is 13.8 Å². The van der Waals surface area contributed by atoms with Gasteiger partial charge in [0.15, 0.2) is 0 Å². The average molecular weight is 158 g/mol. The molecule has 0 unspecified atom stereocenters. The lowest BCUT2D eigenvalue weighted by molar-refractivity contribution is 1.25. The Balaban J connectivity index is 2.91. The van der Waals surface area contributed by atoms with E-state index in [0.717, 1.165) is 10.9 Å². The molecule has 0 fully saturated rings. The summed E-state index contributed by atoms with van der Waals surface area (Å²) in [6, 6.07) is 1.93. The van der Waals surface area contributed by atoms with Gasteiger partial charge in [0, 0.05) is 24.0 Å². The minimum absolute atomic E-state index is 1.02. The van der Waals surface area contributed by atoms with Gasteiger partial charge in [0.05, 0.1) is 5.52 Å². The number of pyridine rings is 2. The number of nitrogens with zero attached hydrogens (tertiary/aromatic N) is 2. The topological polar surface area (TPSA) is 25.8 Å². The Morgan fingerprint density at radius 1 is 1.17 bits per heavy atom. The van der Waals surface area contributed by atoms with E-state index in [9.17, 15) is 0 Å². The van der Waals surface area contributed by atoms with Crippen LogP contribution in [0.5, 0.6) is 0 Å². The van der Waals surface area contributed by atoms with Gasteiger partial charge in [-0.2, -0.15) is 0 Å². The SMILES string of the molecule is Cc1cnc2ccncc2c1C. The third-order valence-electron chi connectivity index (χ3n) is 2.19. The fourth-order valence-electron chi connectivity index (χ4n) is 1.26. The number of aromatic nitrogens is 2. The van der Waals surface area contributed by atoms with Gasteiger partial charge in [0.25, 0.3) is 0 Å². The molecule has 12 heavy (non-hydrogen) atoms. The molecule has 2 rings (SSSR count). The summed E-state index contributed by atoms with van der Waals surface area (Å²) in [6.07, 6.45) is 5.53. The Kier molecular flexibility index (Phi) is 1.54.